The standard InChI is InChI=1S/C27H38N4O5/c1-27(2,3)15-17-29-21(32)12-7-5-4-6-8-16-28-19-11-9-10-18-23(19)26(36)31(25(18)35)20-13-14-22(33)30-24(20)34/h9-11,20,28H,4-8,12-17H2,1-3H3,(H,29,32)(H,30,33,34). The van der Waals surface area contributed by atoms with Gasteiger partial charge in [-0.1, -0.05) is 46.1 Å². The summed E-state index contributed by atoms with van der Waals surface area (Å²) in [5, 5.41) is 8.46. The number of piperidine rings is 1. The normalized spacial score (nSPS) is 17.8. The summed E-state index contributed by atoms with van der Waals surface area (Å²) in [6.45, 7) is 7.84. The number of carbonyl (C=O) groups is 5. The maximum Gasteiger partial charge on any atom is 0.264 e. The Kier molecular flexibility index (Phi) is 9.23. The number of nitrogens with zero attached hydrogens (tertiary/aromatic N) is 1. The molecule has 9 nitrogen and oxygen atoms in total. The van der Waals surface area contributed by atoms with Crippen LogP contribution in [0.3, 0.4) is 0 Å². The maximum absolute atomic E-state index is 13.1. The summed E-state index contributed by atoms with van der Waals surface area (Å²) in [7, 11) is 0. The Morgan fingerprint density at radius 1 is 1.00 bits per heavy atom. The van der Waals surface area contributed by atoms with Crippen LogP contribution in [0.15, 0.2) is 18.2 Å². The highest BCUT2D eigenvalue weighted by molar-refractivity contribution is 6.25. The first-order valence-corrected chi connectivity index (χ1v) is 12.9. The quantitative estimate of drug-likeness (QED) is 0.300. The van der Waals surface area contributed by atoms with Crippen LogP contribution in [-0.4, -0.2) is 53.6 Å². The van der Waals surface area contributed by atoms with Crippen molar-refractivity contribution in [2.24, 2.45) is 5.41 Å². The Morgan fingerprint density at radius 2 is 1.72 bits per heavy atom. The zero-order valence-corrected chi connectivity index (χ0v) is 21.6. The van der Waals surface area contributed by atoms with E-state index in [2.05, 4.69) is 36.7 Å². The van der Waals surface area contributed by atoms with Gasteiger partial charge >= 0.3 is 0 Å². The minimum absolute atomic E-state index is 0.0940. The van der Waals surface area contributed by atoms with E-state index in [4.69, 9.17) is 0 Å². The molecule has 2 aliphatic heterocycles. The molecule has 0 aliphatic carbocycles. The van der Waals surface area contributed by atoms with E-state index in [1.165, 1.54) is 0 Å². The molecule has 0 saturated carbocycles. The van der Waals surface area contributed by atoms with Gasteiger partial charge in [0.25, 0.3) is 11.8 Å². The number of hydrogen-bond acceptors (Lipinski definition) is 6. The summed E-state index contributed by atoms with van der Waals surface area (Å²) in [5.41, 5.74) is 1.35. The van der Waals surface area contributed by atoms with Crippen LogP contribution in [0.2, 0.25) is 0 Å². The number of rotatable bonds is 12. The fraction of sp³-hybridized carbons (Fsp3) is 0.593. The van der Waals surface area contributed by atoms with E-state index in [0.717, 1.165) is 50.0 Å². The van der Waals surface area contributed by atoms with E-state index in [-0.39, 0.29) is 35.3 Å². The van der Waals surface area contributed by atoms with Gasteiger partial charge in [0.05, 0.1) is 11.1 Å². The first kappa shape index (κ1) is 27.4. The van der Waals surface area contributed by atoms with E-state index in [1.807, 2.05) is 0 Å². The molecular formula is C27H38N4O5. The SMILES string of the molecule is CC(C)(C)CCNC(=O)CCCCCCCNc1cccc2c1C(=O)N(C1CCC(=O)NC1=O)C2=O. The Hall–Kier alpha value is -3.23. The van der Waals surface area contributed by atoms with Crippen LogP contribution in [0.25, 0.3) is 0 Å². The second-order valence-electron chi connectivity index (χ2n) is 10.8. The minimum Gasteiger partial charge on any atom is -0.384 e. The molecular weight excluding hydrogens is 460 g/mol. The molecule has 2 heterocycles. The van der Waals surface area contributed by atoms with Gasteiger partial charge in [-0.15, -0.1) is 0 Å². The van der Waals surface area contributed by atoms with Crippen LogP contribution in [-0.2, 0) is 14.4 Å². The molecule has 9 heteroatoms. The number of unbranched alkanes of at least 4 members (excludes halogenated alkanes) is 4. The second kappa shape index (κ2) is 12.1. The first-order valence-electron chi connectivity index (χ1n) is 12.9. The molecule has 1 aromatic carbocycles. The van der Waals surface area contributed by atoms with Crippen LogP contribution in [0, 0.1) is 5.41 Å². The van der Waals surface area contributed by atoms with Gasteiger partial charge in [-0.25, -0.2) is 0 Å². The smallest absolute Gasteiger partial charge is 0.264 e. The third-order valence-electron chi connectivity index (χ3n) is 6.56. The van der Waals surface area contributed by atoms with Gasteiger partial charge in [0.1, 0.15) is 6.04 Å². The molecule has 1 unspecified atom stereocenters. The predicted molar refractivity (Wildman–Crippen MR) is 136 cm³/mol. The first-order chi connectivity index (χ1) is 17.1. The number of anilines is 1. The average molecular weight is 499 g/mol. The Balaban J connectivity index is 1.39. The molecule has 3 rings (SSSR count). The average Bonchev–Trinajstić information content (AvgIpc) is 3.05. The van der Waals surface area contributed by atoms with Crippen LogP contribution in [0.1, 0.15) is 99.3 Å². The van der Waals surface area contributed by atoms with Gasteiger partial charge in [0.2, 0.25) is 17.7 Å². The lowest BCUT2D eigenvalue weighted by Gasteiger charge is -2.27. The van der Waals surface area contributed by atoms with E-state index in [0.29, 0.717) is 18.7 Å². The molecule has 36 heavy (non-hydrogen) atoms. The molecule has 0 aromatic heterocycles. The number of carbonyl (C=O) groups excluding carboxylic acids is 5. The van der Waals surface area contributed by atoms with Gasteiger partial charge in [-0.3, -0.25) is 34.2 Å². The summed E-state index contributed by atoms with van der Waals surface area (Å²) in [5.74, 6) is -1.90. The Labute approximate surface area is 212 Å². The van der Waals surface area contributed by atoms with Crippen LogP contribution >= 0.6 is 0 Å². The molecule has 196 valence electrons. The monoisotopic (exact) mass is 498 g/mol. The minimum atomic E-state index is -0.969. The van der Waals surface area contributed by atoms with Gasteiger partial charge in [-0.05, 0) is 43.2 Å². The van der Waals surface area contributed by atoms with Gasteiger partial charge in [0, 0.05) is 31.6 Å². The highest BCUT2D eigenvalue weighted by atomic mass is 16.2. The van der Waals surface area contributed by atoms with Crippen molar-refractivity contribution in [2.75, 3.05) is 18.4 Å². The Bertz CT molecular complexity index is 1010. The van der Waals surface area contributed by atoms with E-state index in [9.17, 15) is 24.0 Å². The van der Waals surface area contributed by atoms with Crippen LogP contribution in [0.4, 0.5) is 5.69 Å². The summed E-state index contributed by atoms with van der Waals surface area (Å²) in [6.07, 6.45) is 6.50. The molecule has 0 bridgehead atoms. The number of nitrogens with one attached hydrogen (secondary N) is 3. The van der Waals surface area contributed by atoms with Crippen molar-refractivity contribution in [3.8, 4) is 0 Å². The van der Waals surface area contributed by atoms with E-state index >= 15 is 0 Å². The lowest BCUT2D eigenvalue weighted by Crippen LogP contribution is -2.54. The van der Waals surface area contributed by atoms with E-state index in [1.54, 1.807) is 18.2 Å². The van der Waals surface area contributed by atoms with Crippen molar-refractivity contribution in [3.05, 3.63) is 29.3 Å². The molecule has 5 amide bonds. The highest BCUT2D eigenvalue weighted by Gasteiger charge is 2.45. The molecule has 1 aromatic rings. The zero-order valence-electron chi connectivity index (χ0n) is 21.6. The third kappa shape index (κ3) is 7.15. The van der Waals surface area contributed by atoms with Crippen molar-refractivity contribution in [2.45, 2.75) is 84.6 Å². The number of hydrogen-bond donors (Lipinski definition) is 3. The lowest BCUT2D eigenvalue weighted by molar-refractivity contribution is -0.136. The summed E-state index contributed by atoms with van der Waals surface area (Å²) < 4.78 is 0. The molecule has 0 radical (unpaired) electrons. The number of amides is 5. The number of benzene rings is 1. The molecule has 1 saturated heterocycles. The van der Waals surface area contributed by atoms with Crippen molar-refractivity contribution < 1.29 is 24.0 Å². The van der Waals surface area contributed by atoms with Crippen molar-refractivity contribution in [3.63, 3.8) is 0 Å². The summed E-state index contributed by atoms with van der Waals surface area (Å²) in [6, 6.07) is 4.10. The highest BCUT2D eigenvalue weighted by Crippen LogP contribution is 2.32. The molecule has 0 spiro atoms. The number of fused-ring (bicyclic) bond motifs is 1. The van der Waals surface area contributed by atoms with Crippen LogP contribution in [0.5, 0.6) is 0 Å². The lowest BCUT2D eigenvalue weighted by atomic mass is 9.92. The second-order valence-corrected chi connectivity index (χ2v) is 10.8. The molecule has 1 atom stereocenters. The fourth-order valence-corrected chi connectivity index (χ4v) is 4.49. The molecule has 1 fully saturated rings. The fourth-order valence-electron chi connectivity index (χ4n) is 4.49. The number of imide groups is 2. The predicted octanol–water partition coefficient (Wildman–Crippen LogP) is 3.39. The topological polar surface area (TPSA) is 125 Å². The van der Waals surface area contributed by atoms with E-state index < -0.39 is 29.7 Å². The zero-order chi connectivity index (χ0) is 26.3. The summed E-state index contributed by atoms with van der Waals surface area (Å²) >= 11 is 0. The van der Waals surface area contributed by atoms with Crippen molar-refractivity contribution >= 4 is 35.2 Å². The van der Waals surface area contributed by atoms with Gasteiger partial charge in [0.15, 0.2) is 0 Å². The maximum atomic E-state index is 13.1. The Morgan fingerprint density at radius 3 is 2.44 bits per heavy atom. The third-order valence-corrected chi connectivity index (χ3v) is 6.56. The largest absolute Gasteiger partial charge is 0.384 e. The van der Waals surface area contributed by atoms with Crippen LogP contribution < -0.4 is 16.0 Å². The van der Waals surface area contributed by atoms with Gasteiger partial charge < -0.3 is 10.6 Å². The molecule has 2 aliphatic rings. The van der Waals surface area contributed by atoms with Gasteiger partial charge in [-0.2, -0.15) is 0 Å². The van der Waals surface area contributed by atoms with Crippen molar-refractivity contribution in [1.29, 1.82) is 0 Å². The van der Waals surface area contributed by atoms with Crippen molar-refractivity contribution in [1.82, 2.24) is 15.5 Å². The molecule has 3 N–H and O–H groups in total. The summed E-state index contributed by atoms with van der Waals surface area (Å²) in [4.78, 5) is 62.6.